The monoisotopic (exact) mass is 494 g/mol. The second-order valence-corrected chi connectivity index (χ2v) is 9.62. The maximum absolute atomic E-state index is 4.55. The van der Waals surface area contributed by atoms with Crippen molar-refractivity contribution in [2.45, 2.75) is 26.2 Å². The van der Waals surface area contributed by atoms with E-state index < -0.39 is 0 Å². The first kappa shape index (κ1) is 24.5. The average Bonchev–Trinajstić information content (AvgIpc) is 3.59. The van der Waals surface area contributed by atoms with E-state index in [-0.39, 0.29) is 5.41 Å². The van der Waals surface area contributed by atoms with Gasteiger partial charge in [-0.2, -0.15) is 10.2 Å². The number of pyridine rings is 2. The van der Waals surface area contributed by atoms with Crippen LogP contribution in [0.2, 0.25) is 0 Å². The van der Waals surface area contributed by atoms with Gasteiger partial charge in [-0.05, 0) is 48.5 Å². The SMILES string of the molecule is C(#Cc1ccc2ncnn2c1)c1ccccc1.CC(C)(C)c1nc2ccc(C#Cc3ccccc3)cn2n1. The number of benzene rings is 2. The van der Waals surface area contributed by atoms with E-state index in [1.54, 1.807) is 9.03 Å². The number of hydrogen-bond donors (Lipinski definition) is 0. The molecule has 4 heterocycles. The van der Waals surface area contributed by atoms with E-state index >= 15 is 0 Å². The Bertz CT molecular complexity index is 1800. The molecule has 0 radical (unpaired) electrons. The number of aromatic nitrogens is 6. The molecule has 6 heteroatoms. The van der Waals surface area contributed by atoms with Crippen LogP contribution in [0, 0.1) is 23.7 Å². The van der Waals surface area contributed by atoms with Crippen molar-refractivity contribution < 1.29 is 0 Å². The van der Waals surface area contributed by atoms with Crippen molar-refractivity contribution in [3.05, 3.63) is 132 Å². The van der Waals surface area contributed by atoms with Crippen molar-refractivity contribution in [3.8, 4) is 23.7 Å². The van der Waals surface area contributed by atoms with Crippen LogP contribution in [0.15, 0.2) is 104 Å². The molecule has 6 rings (SSSR count). The molecule has 38 heavy (non-hydrogen) atoms. The third-order valence-corrected chi connectivity index (χ3v) is 5.53. The molecule has 0 N–H and O–H groups in total. The van der Waals surface area contributed by atoms with Gasteiger partial charge < -0.3 is 0 Å². The maximum Gasteiger partial charge on any atom is 0.157 e. The molecule has 0 bridgehead atoms. The number of hydrogen-bond acceptors (Lipinski definition) is 4. The molecular formula is C32H26N6. The van der Waals surface area contributed by atoms with Crippen molar-refractivity contribution in [2.24, 2.45) is 0 Å². The van der Waals surface area contributed by atoms with Gasteiger partial charge in [-0.15, -0.1) is 0 Å². The highest BCUT2D eigenvalue weighted by molar-refractivity contribution is 5.47. The van der Waals surface area contributed by atoms with Gasteiger partial charge in [-0.1, -0.05) is 80.9 Å². The summed E-state index contributed by atoms with van der Waals surface area (Å²) in [7, 11) is 0. The molecular weight excluding hydrogens is 468 g/mol. The van der Waals surface area contributed by atoms with Crippen LogP contribution < -0.4 is 0 Å². The predicted octanol–water partition coefficient (Wildman–Crippen LogP) is 5.56. The summed E-state index contributed by atoms with van der Waals surface area (Å²) in [6.45, 7) is 6.33. The van der Waals surface area contributed by atoms with Crippen LogP contribution in [0.25, 0.3) is 11.3 Å². The molecule has 2 aromatic carbocycles. The number of nitrogens with zero attached hydrogens (tertiary/aromatic N) is 6. The zero-order chi connectivity index (χ0) is 26.4. The molecule has 6 aromatic rings. The standard InChI is InChI=1S/C18H17N3.C14H9N3/c1-18(2,3)17-19-16-12-11-15(13-21(16)20-17)10-9-14-7-5-4-6-8-14;1-2-4-12(5-3-1)6-7-13-8-9-14-15-11-16-17(14)10-13/h4-8,11-13H,1-3H3;1-5,8-11H. The zero-order valence-electron chi connectivity index (χ0n) is 21.5. The molecule has 4 aromatic heterocycles. The summed E-state index contributed by atoms with van der Waals surface area (Å²) in [5, 5.41) is 8.61. The zero-order valence-corrected chi connectivity index (χ0v) is 21.5. The van der Waals surface area contributed by atoms with Gasteiger partial charge in [0.2, 0.25) is 0 Å². The molecule has 0 amide bonds. The molecule has 0 saturated heterocycles. The lowest BCUT2D eigenvalue weighted by Gasteiger charge is -2.11. The van der Waals surface area contributed by atoms with Crippen LogP contribution in [0.4, 0.5) is 0 Å². The number of fused-ring (bicyclic) bond motifs is 2. The topological polar surface area (TPSA) is 60.4 Å². The first-order valence-electron chi connectivity index (χ1n) is 12.2. The van der Waals surface area contributed by atoms with E-state index in [2.05, 4.69) is 64.6 Å². The van der Waals surface area contributed by atoms with Crippen LogP contribution in [-0.4, -0.2) is 29.2 Å². The minimum Gasteiger partial charge on any atom is -0.220 e. The molecule has 184 valence electrons. The van der Waals surface area contributed by atoms with Crippen LogP contribution in [0.5, 0.6) is 0 Å². The Labute approximate surface area is 222 Å². The van der Waals surface area contributed by atoms with Crippen LogP contribution in [0.3, 0.4) is 0 Å². The van der Waals surface area contributed by atoms with Gasteiger partial charge >= 0.3 is 0 Å². The van der Waals surface area contributed by atoms with Gasteiger partial charge in [0.15, 0.2) is 17.1 Å². The molecule has 0 aliphatic heterocycles. The van der Waals surface area contributed by atoms with E-state index in [0.717, 1.165) is 39.4 Å². The highest BCUT2D eigenvalue weighted by Crippen LogP contribution is 2.19. The third-order valence-electron chi connectivity index (χ3n) is 5.53. The van der Waals surface area contributed by atoms with Gasteiger partial charge in [-0.25, -0.2) is 19.0 Å². The normalized spacial score (nSPS) is 10.6. The highest BCUT2D eigenvalue weighted by atomic mass is 15.3. The lowest BCUT2D eigenvalue weighted by molar-refractivity contribution is 0.545. The van der Waals surface area contributed by atoms with Crippen LogP contribution in [0.1, 0.15) is 48.8 Å². The fraction of sp³-hybridized carbons (Fsp3) is 0.125. The molecule has 0 aliphatic carbocycles. The van der Waals surface area contributed by atoms with E-state index in [4.69, 9.17) is 0 Å². The van der Waals surface area contributed by atoms with E-state index in [0.29, 0.717) is 0 Å². The Morgan fingerprint density at radius 2 is 1.11 bits per heavy atom. The first-order chi connectivity index (χ1) is 18.4. The lowest BCUT2D eigenvalue weighted by Crippen LogP contribution is -2.13. The third kappa shape index (κ3) is 6.13. The van der Waals surface area contributed by atoms with Crippen molar-refractivity contribution in [2.75, 3.05) is 0 Å². The fourth-order valence-corrected chi connectivity index (χ4v) is 3.50. The smallest absolute Gasteiger partial charge is 0.157 e. The van der Waals surface area contributed by atoms with Crippen molar-refractivity contribution in [3.63, 3.8) is 0 Å². The van der Waals surface area contributed by atoms with Gasteiger partial charge in [0.25, 0.3) is 0 Å². The Kier molecular flexibility index (Phi) is 6.97. The summed E-state index contributed by atoms with van der Waals surface area (Å²) in [6, 6.07) is 27.6. The second-order valence-electron chi connectivity index (χ2n) is 9.62. The molecule has 0 aliphatic rings. The Balaban J connectivity index is 0.000000158. The Hall–Kier alpha value is -5.20. The van der Waals surface area contributed by atoms with Crippen molar-refractivity contribution >= 4 is 11.3 Å². The first-order valence-corrected chi connectivity index (χ1v) is 12.2. The van der Waals surface area contributed by atoms with E-state index in [1.165, 1.54) is 6.33 Å². The molecule has 0 fully saturated rings. The molecule has 0 saturated carbocycles. The molecule has 0 atom stereocenters. The fourth-order valence-electron chi connectivity index (χ4n) is 3.50. The quantitative estimate of drug-likeness (QED) is 0.260. The maximum atomic E-state index is 4.55. The average molecular weight is 495 g/mol. The summed E-state index contributed by atoms with van der Waals surface area (Å²) < 4.78 is 3.52. The van der Waals surface area contributed by atoms with Crippen molar-refractivity contribution in [1.82, 2.24) is 29.2 Å². The summed E-state index contributed by atoms with van der Waals surface area (Å²) in [4.78, 5) is 8.63. The summed E-state index contributed by atoms with van der Waals surface area (Å²) >= 11 is 0. The Morgan fingerprint density at radius 3 is 1.68 bits per heavy atom. The van der Waals surface area contributed by atoms with Gasteiger partial charge in [0.05, 0.1) is 0 Å². The number of rotatable bonds is 0. The Morgan fingerprint density at radius 1 is 0.579 bits per heavy atom. The molecule has 0 unspecified atom stereocenters. The van der Waals surface area contributed by atoms with Gasteiger partial charge in [0.1, 0.15) is 6.33 Å². The van der Waals surface area contributed by atoms with Crippen molar-refractivity contribution in [1.29, 1.82) is 0 Å². The van der Waals surface area contributed by atoms with Gasteiger partial charge in [0, 0.05) is 40.1 Å². The largest absolute Gasteiger partial charge is 0.220 e. The van der Waals surface area contributed by atoms with E-state index in [9.17, 15) is 0 Å². The summed E-state index contributed by atoms with van der Waals surface area (Å²) in [5.74, 6) is 13.4. The predicted molar refractivity (Wildman–Crippen MR) is 150 cm³/mol. The van der Waals surface area contributed by atoms with Crippen LogP contribution in [-0.2, 0) is 5.41 Å². The van der Waals surface area contributed by atoms with Gasteiger partial charge in [-0.3, -0.25) is 0 Å². The second kappa shape index (κ2) is 10.8. The molecule has 6 nitrogen and oxygen atoms in total. The molecule has 0 spiro atoms. The minimum atomic E-state index is -0.0537. The lowest BCUT2D eigenvalue weighted by atomic mass is 9.96. The van der Waals surface area contributed by atoms with Crippen LogP contribution >= 0.6 is 0 Å². The minimum absolute atomic E-state index is 0.0537. The van der Waals surface area contributed by atoms with E-state index in [1.807, 2.05) is 97.3 Å². The summed E-state index contributed by atoms with van der Waals surface area (Å²) in [5.41, 5.74) is 5.49. The highest BCUT2D eigenvalue weighted by Gasteiger charge is 2.19. The summed E-state index contributed by atoms with van der Waals surface area (Å²) in [6.07, 6.45) is 5.33.